The van der Waals surface area contributed by atoms with E-state index in [-0.39, 0.29) is 21.1 Å². The molecule has 0 aliphatic carbocycles. The molecule has 0 N–H and O–H groups in total. The molecule has 0 radical (unpaired) electrons. The molecule has 0 unspecified atom stereocenters. The summed E-state index contributed by atoms with van der Waals surface area (Å²) in [4.78, 5) is 8.51. The molecule has 0 saturated heterocycles. The Morgan fingerprint density at radius 1 is 0.412 bits per heavy atom. The van der Waals surface area contributed by atoms with Gasteiger partial charge in [0.1, 0.15) is 11.4 Å². The zero-order chi connectivity index (χ0) is 37.2. The van der Waals surface area contributed by atoms with Gasteiger partial charge >= 0.3 is 87.0 Å². The van der Waals surface area contributed by atoms with Crippen LogP contribution in [0.3, 0.4) is 0 Å². The van der Waals surface area contributed by atoms with E-state index in [1.165, 1.54) is 11.1 Å². The summed E-state index contributed by atoms with van der Waals surface area (Å²) in [5.74, 6) is 0. The summed E-state index contributed by atoms with van der Waals surface area (Å²) in [7, 11) is -21.3. The van der Waals surface area contributed by atoms with Gasteiger partial charge in [0, 0.05) is 12.4 Å². The molecule has 4 aromatic heterocycles. The summed E-state index contributed by atoms with van der Waals surface area (Å²) in [6, 6.07) is 31.9. The van der Waals surface area contributed by atoms with Crippen molar-refractivity contribution in [3.05, 3.63) is 133 Å². The van der Waals surface area contributed by atoms with Crippen molar-refractivity contribution in [2.75, 3.05) is 0 Å². The molecule has 280 valence electrons. The van der Waals surface area contributed by atoms with Crippen LogP contribution in [0.2, 0.25) is 0 Å². The molecule has 0 aliphatic rings. The normalized spacial score (nSPS) is 13.7. The van der Waals surface area contributed by atoms with Gasteiger partial charge in [0.05, 0.1) is 36.9 Å². The molecule has 23 heteroatoms. The summed E-state index contributed by atoms with van der Waals surface area (Å²) in [6.45, 7) is 1.45. The van der Waals surface area contributed by atoms with Crippen LogP contribution in [-0.4, -0.2) is 40.0 Å². The van der Waals surface area contributed by atoms with Gasteiger partial charge in [-0.2, -0.15) is 0 Å². The number of aromatic nitrogens is 8. The first kappa shape index (κ1) is 42.9. The van der Waals surface area contributed by atoms with Crippen molar-refractivity contribution in [2.45, 2.75) is 13.1 Å². The van der Waals surface area contributed by atoms with Gasteiger partial charge in [0.15, 0.2) is 0 Å². The molecule has 2 aromatic carbocycles. The van der Waals surface area contributed by atoms with Crippen molar-refractivity contribution in [2.24, 2.45) is 0 Å². The van der Waals surface area contributed by atoms with E-state index in [0.29, 0.717) is 0 Å². The van der Waals surface area contributed by atoms with E-state index in [1.54, 1.807) is 12.4 Å². The first-order chi connectivity index (χ1) is 22.7. The van der Waals surface area contributed by atoms with Crippen LogP contribution in [0.15, 0.2) is 122 Å². The van der Waals surface area contributed by atoms with Crippen LogP contribution in [0.5, 0.6) is 0 Å². The summed E-state index contributed by atoms with van der Waals surface area (Å²) >= 11 is 0. The molecule has 6 rings (SSSR count). The number of hydrogen-bond acceptors (Lipinski definition) is 6. The smallest absolute Gasteiger partial charge is 0.254 e. The molecule has 0 bridgehead atoms. The number of nitrogens with zero attached hydrogens (tertiary/aromatic N) is 8. The van der Waals surface area contributed by atoms with E-state index in [1.807, 2.05) is 94.6 Å². The van der Waals surface area contributed by atoms with Crippen LogP contribution >= 0.6 is 15.6 Å². The zero-order valence-electron chi connectivity index (χ0n) is 25.3. The number of rotatable bonds is 6. The van der Waals surface area contributed by atoms with Crippen molar-refractivity contribution < 1.29 is 71.4 Å². The van der Waals surface area contributed by atoms with Gasteiger partial charge in [-0.3, -0.25) is 9.97 Å². The Morgan fingerprint density at radius 3 is 0.980 bits per heavy atom. The maximum atomic E-state index is 9.87. The summed E-state index contributed by atoms with van der Waals surface area (Å²) in [5.41, 5.74) is 5.69. The molecule has 0 amide bonds. The van der Waals surface area contributed by atoms with E-state index in [2.05, 4.69) is 54.9 Å². The van der Waals surface area contributed by atoms with Crippen molar-refractivity contribution in [1.29, 1.82) is 0 Å². The Balaban J connectivity index is 0.000000257. The maximum Gasteiger partial charge on any atom is 2.00 e. The summed E-state index contributed by atoms with van der Waals surface area (Å²) in [5, 5.41) is 16.5. The minimum Gasteiger partial charge on any atom is -0.254 e. The SMILES string of the molecule is F[P-](F)(F)(F)(F)F.F[P-](F)(F)(F)(F)F.[Pt+2].c1ccc(Cn2cc(-c3ccccn3)nn2)cc1.c1ccc(Cn2cc(-c3ccccn3)nn2)cc1. The molecule has 0 atom stereocenters. The Kier molecular flexibility index (Phi) is 12.7. The average molecular weight is 958 g/mol. The van der Waals surface area contributed by atoms with Gasteiger partial charge in [-0.05, 0) is 35.4 Å². The molecule has 6 aromatic rings. The largest absolute Gasteiger partial charge is 2.00 e. The summed E-state index contributed by atoms with van der Waals surface area (Å²) < 4.78 is 122. The molecule has 4 heterocycles. The molecule has 0 spiro atoms. The Bertz CT molecular complexity index is 1770. The second kappa shape index (κ2) is 15.1. The molecule has 0 aliphatic heterocycles. The number of pyridine rings is 2. The predicted molar refractivity (Wildman–Crippen MR) is 165 cm³/mol. The summed E-state index contributed by atoms with van der Waals surface area (Å²) in [6.07, 6.45) is 7.34. The standard InChI is InChI=1S/2C14H12N4.2F6P.Pt/c2*1-2-6-12(7-3-1)10-18-11-14(16-17-18)13-8-4-5-9-15-13;2*1-7(2,3,4,5)6;/h2*1-9,11H,10H2;;;/q;;2*-1;+2. The zero-order valence-corrected chi connectivity index (χ0v) is 29.3. The molecular weight excluding hydrogens is 933 g/mol. The molecule has 0 saturated carbocycles. The van der Waals surface area contributed by atoms with Crippen molar-refractivity contribution >= 4 is 15.6 Å². The average Bonchev–Trinajstić information content (AvgIpc) is 3.67. The van der Waals surface area contributed by atoms with Gasteiger partial charge in [-0.15, -0.1) is 10.2 Å². The quantitative estimate of drug-likeness (QED) is 0.122. The van der Waals surface area contributed by atoms with Gasteiger partial charge in [-0.1, -0.05) is 83.2 Å². The van der Waals surface area contributed by atoms with E-state index in [4.69, 9.17) is 0 Å². The van der Waals surface area contributed by atoms with Gasteiger partial charge < -0.3 is 0 Å². The van der Waals surface area contributed by atoms with E-state index >= 15 is 0 Å². The van der Waals surface area contributed by atoms with Crippen LogP contribution in [0.1, 0.15) is 11.1 Å². The second-order valence-corrected chi connectivity index (χ2v) is 13.8. The van der Waals surface area contributed by atoms with E-state index in [9.17, 15) is 50.4 Å². The fourth-order valence-corrected chi connectivity index (χ4v) is 3.56. The fourth-order valence-electron chi connectivity index (χ4n) is 3.56. The fraction of sp³-hybridized carbons (Fsp3) is 0.0714. The molecule has 0 fully saturated rings. The Morgan fingerprint density at radius 2 is 0.706 bits per heavy atom. The predicted octanol–water partition coefficient (Wildman–Crippen LogP) is 11.5. The van der Waals surface area contributed by atoms with Crippen LogP contribution < -0.4 is 0 Å². The topological polar surface area (TPSA) is 87.2 Å². The van der Waals surface area contributed by atoms with Crippen LogP contribution in [0, 0.1) is 0 Å². The second-order valence-electron chi connectivity index (χ2n) is 9.92. The van der Waals surface area contributed by atoms with Crippen molar-refractivity contribution in [1.82, 2.24) is 40.0 Å². The molecule has 8 nitrogen and oxygen atoms in total. The van der Waals surface area contributed by atoms with Crippen molar-refractivity contribution in [3.63, 3.8) is 0 Å². The van der Waals surface area contributed by atoms with Crippen LogP contribution in [0.25, 0.3) is 22.8 Å². The third kappa shape index (κ3) is 22.9. The molecular formula is C28H24F12N8P2Pt. The van der Waals surface area contributed by atoms with Gasteiger partial charge in [-0.25, -0.2) is 9.36 Å². The van der Waals surface area contributed by atoms with E-state index in [0.717, 1.165) is 35.9 Å². The first-order valence-corrected chi connectivity index (χ1v) is 17.6. The van der Waals surface area contributed by atoms with Crippen LogP contribution in [0.4, 0.5) is 50.4 Å². The minimum atomic E-state index is -10.7. The number of hydrogen-bond donors (Lipinski definition) is 0. The third-order valence-electron chi connectivity index (χ3n) is 5.31. The minimum absolute atomic E-state index is 0. The van der Waals surface area contributed by atoms with Crippen LogP contribution in [-0.2, 0) is 34.2 Å². The number of halogens is 12. The van der Waals surface area contributed by atoms with Gasteiger partial charge in [0.25, 0.3) is 0 Å². The first-order valence-electron chi connectivity index (χ1n) is 13.6. The maximum absolute atomic E-state index is 10.7. The third-order valence-corrected chi connectivity index (χ3v) is 5.31. The Hall–Kier alpha value is -4.27. The monoisotopic (exact) mass is 957 g/mol. The van der Waals surface area contributed by atoms with E-state index < -0.39 is 15.6 Å². The number of benzene rings is 2. The Labute approximate surface area is 295 Å². The van der Waals surface area contributed by atoms with Crippen molar-refractivity contribution in [3.8, 4) is 22.8 Å². The molecule has 51 heavy (non-hydrogen) atoms. The van der Waals surface area contributed by atoms with Gasteiger partial charge in [0.2, 0.25) is 0 Å².